The molecular formula is C20H30O4. The molecule has 134 valence electrons. The quantitative estimate of drug-likeness (QED) is 0.454. The van der Waals surface area contributed by atoms with Crippen LogP contribution in [-0.2, 0) is 11.3 Å². The first kappa shape index (κ1) is 20.7. The fraction of sp³-hybridized carbons (Fsp3) is 0.600. The van der Waals surface area contributed by atoms with Crippen molar-refractivity contribution in [2.24, 2.45) is 11.8 Å². The van der Waals surface area contributed by atoms with E-state index in [1.807, 2.05) is 37.3 Å². The van der Waals surface area contributed by atoms with Gasteiger partial charge in [-0.3, -0.25) is 0 Å². The number of unbranched alkanes of at least 4 members (excludes halogenated alkanes) is 2. The van der Waals surface area contributed by atoms with E-state index in [0.717, 1.165) is 18.4 Å². The molecule has 0 radical (unpaired) electrons. The second-order valence-electron chi connectivity index (χ2n) is 6.27. The summed E-state index contributed by atoms with van der Waals surface area (Å²) in [4.78, 5) is 0. The molecular weight excluding hydrogens is 304 g/mol. The maximum atomic E-state index is 10.4. The Hall–Kier alpha value is -1.38. The predicted octanol–water partition coefficient (Wildman–Crippen LogP) is 2.36. The minimum Gasteiger partial charge on any atom is -0.396 e. The average Bonchev–Trinajstić information content (AvgIpc) is 2.60. The molecule has 0 saturated heterocycles. The minimum atomic E-state index is -0.856. The zero-order valence-electron chi connectivity index (χ0n) is 14.7. The van der Waals surface area contributed by atoms with Gasteiger partial charge in [0.2, 0.25) is 0 Å². The average molecular weight is 334 g/mol. The van der Waals surface area contributed by atoms with Gasteiger partial charge in [-0.1, -0.05) is 50.1 Å². The van der Waals surface area contributed by atoms with E-state index in [-0.39, 0.29) is 18.4 Å². The summed E-state index contributed by atoms with van der Waals surface area (Å²) < 4.78 is 5.66. The second kappa shape index (κ2) is 12.0. The monoisotopic (exact) mass is 334 g/mol. The molecule has 0 saturated carbocycles. The van der Waals surface area contributed by atoms with Gasteiger partial charge in [-0.2, -0.15) is 0 Å². The van der Waals surface area contributed by atoms with Crippen molar-refractivity contribution in [2.75, 3.05) is 13.2 Å². The molecule has 4 atom stereocenters. The number of hydrogen-bond acceptors (Lipinski definition) is 4. The molecule has 0 aromatic heterocycles. The van der Waals surface area contributed by atoms with Crippen LogP contribution in [0, 0.1) is 23.7 Å². The highest BCUT2D eigenvalue weighted by molar-refractivity contribution is 5.13. The Balaban J connectivity index is 2.33. The van der Waals surface area contributed by atoms with Crippen LogP contribution >= 0.6 is 0 Å². The van der Waals surface area contributed by atoms with E-state index in [9.17, 15) is 10.2 Å². The van der Waals surface area contributed by atoms with E-state index in [4.69, 9.17) is 9.84 Å². The van der Waals surface area contributed by atoms with Gasteiger partial charge in [-0.05, 0) is 18.4 Å². The smallest absolute Gasteiger partial charge is 0.119 e. The van der Waals surface area contributed by atoms with E-state index in [1.54, 1.807) is 6.92 Å². The van der Waals surface area contributed by atoms with Crippen molar-refractivity contribution in [1.82, 2.24) is 0 Å². The van der Waals surface area contributed by atoms with E-state index >= 15 is 0 Å². The van der Waals surface area contributed by atoms with Crippen molar-refractivity contribution in [3.63, 3.8) is 0 Å². The lowest BCUT2D eigenvalue weighted by Crippen LogP contribution is -2.35. The molecule has 0 fully saturated rings. The van der Waals surface area contributed by atoms with Crippen LogP contribution in [0.25, 0.3) is 0 Å². The SMILES string of the molecule is C[C@@H]([C@H](O)[C@@H](C)COCc1ccccc1)[C@@H](O)C#CCCCCO. The topological polar surface area (TPSA) is 69.9 Å². The van der Waals surface area contributed by atoms with Gasteiger partial charge in [0, 0.05) is 24.9 Å². The minimum absolute atomic E-state index is 0.0884. The standard InChI is InChI=1S/C20H30O4/c1-16(14-24-15-18-10-6-5-7-11-18)20(23)17(2)19(22)12-8-3-4-9-13-21/h5-7,10-11,16-17,19-23H,3-4,9,13-15H2,1-2H3/t16-,17+,19-,20+/m0/s1. The summed E-state index contributed by atoms with van der Waals surface area (Å²) >= 11 is 0. The van der Waals surface area contributed by atoms with Crippen LogP contribution in [-0.4, -0.2) is 40.7 Å². The van der Waals surface area contributed by atoms with Gasteiger partial charge in [0.05, 0.1) is 19.3 Å². The summed E-state index contributed by atoms with van der Waals surface area (Å²) in [7, 11) is 0. The number of hydrogen-bond donors (Lipinski definition) is 3. The molecule has 0 aliphatic rings. The highest BCUT2D eigenvalue weighted by Gasteiger charge is 2.26. The predicted molar refractivity (Wildman–Crippen MR) is 95.2 cm³/mol. The van der Waals surface area contributed by atoms with E-state index in [0.29, 0.717) is 19.6 Å². The van der Waals surface area contributed by atoms with E-state index < -0.39 is 12.2 Å². The van der Waals surface area contributed by atoms with Crippen LogP contribution in [0.4, 0.5) is 0 Å². The number of aliphatic hydroxyl groups excluding tert-OH is 3. The molecule has 0 aliphatic heterocycles. The van der Waals surface area contributed by atoms with Crippen molar-refractivity contribution in [3.05, 3.63) is 35.9 Å². The normalized spacial score (nSPS) is 15.9. The molecule has 1 aromatic rings. The highest BCUT2D eigenvalue weighted by atomic mass is 16.5. The largest absolute Gasteiger partial charge is 0.396 e. The van der Waals surface area contributed by atoms with Crippen molar-refractivity contribution >= 4 is 0 Å². The highest BCUT2D eigenvalue weighted by Crippen LogP contribution is 2.17. The summed E-state index contributed by atoms with van der Waals surface area (Å²) in [6.45, 7) is 4.81. The Labute approximate surface area is 145 Å². The number of rotatable bonds is 10. The zero-order chi connectivity index (χ0) is 17.8. The van der Waals surface area contributed by atoms with Gasteiger partial charge < -0.3 is 20.1 Å². The number of ether oxygens (including phenoxy) is 1. The van der Waals surface area contributed by atoms with Gasteiger partial charge in [-0.15, -0.1) is 5.92 Å². The fourth-order valence-electron chi connectivity index (χ4n) is 2.37. The third kappa shape index (κ3) is 7.94. The molecule has 4 nitrogen and oxygen atoms in total. The van der Waals surface area contributed by atoms with Crippen LogP contribution in [0.15, 0.2) is 30.3 Å². The van der Waals surface area contributed by atoms with Crippen molar-refractivity contribution < 1.29 is 20.1 Å². The van der Waals surface area contributed by atoms with Crippen LogP contribution < -0.4 is 0 Å². The molecule has 0 bridgehead atoms. The lowest BCUT2D eigenvalue weighted by Gasteiger charge is -2.26. The third-order valence-corrected chi connectivity index (χ3v) is 4.07. The van der Waals surface area contributed by atoms with Crippen LogP contribution in [0.3, 0.4) is 0 Å². The number of benzene rings is 1. The summed E-state index contributed by atoms with van der Waals surface area (Å²) in [5, 5.41) is 29.1. The van der Waals surface area contributed by atoms with Crippen molar-refractivity contribution in [2.45, 2.75) is 51.9 Å². The molecule has 0 aliphatic carbocycles. The molecule has 3 N–H and O–H groups in total. The van der Waals surface area contributed by atoms with E-state index in [1.165, 1.54) is 0 Å². The van der Waals surface area contributed by atoms with Gasteiger partial charge >= 0.3 is 0 Å². The summed E-state index contributed by atoms with van der Waals surface area (Å²) in [5.41, 5.74) is 1.10. The van der Waals surface area contributed by atoms with Crippen molar-refractivity contribution in [1.29, 1.82) is 0 Å². The molecule has 1 aromatic carbocycles. The molecule has 0 amide bonds. The maximum Gasteiger partial charge on any atom is 0.119 e. The first-order valence-corrected chi connectivity index (χ1v) is 8.63. The van der Waals surface area contributed by atoms with Gasteiger partial charge in [0.25, 0.3) is 0 Å². The zero-order valence-corrected chi connectivity index (χ0v) is 14.7. The Bertz CT molecular complexity index is 491. The number of aliphatic hydroxyl groups is 3. The lowest BCUT2D eigenvalue weighted by atomic mass is 9.90. The maximum absolute atomic E-state index is 10.4. The molecule has 24 heavy (non-hydrogen) atoms. The van der Waals surface area contributed by atoms with Gasteiger partial charge in [0.15, 0.2) is 0 Å². The summed E-state index contributed by atoms with van der Waals surface area (Å²) in [5.74, 6) is 5.26. The molecule has 0 heterocycles. The Morgan fingerprint density at radius 2 is 1.79 bits per heavy atom. The lowest BCUT2D eigenvalue weighted by molar-refractivity contribution is -0.0211. The first-order valence-electron chi connectivity index (χ1n) is 8.63. The first-order chi connectivity index (χ1) is 11.6. The molecule has 4 heteroatoms. The summed E-state index contributed by atoms with van der Waals surface area (Å²) in [6, 6.07) is 9.90. The molecule has 0 unspecified atom stereocenters. The Kier molecular flexibility index (Phi) is 10.4. The van der Waals surface area contributed by atoms with Crippen LogP contribution in [0.2, 0.25) is 0 Å². The Morgan fingerprint density at radius 3 is 2.46 bits per heavy atom. The second-order valence-corrected chi connectivity index (χ2v) is 6.27. The van der Waals surface area contributed by atoms with Gasteiger partial charge in [-0.25, -0.2) is 0 Å². The van der Waals surface area contributed by atoms with Crippen LogP contribution in [0.5, 0.6) is 0 Å². The van der Waals surface area contributed by atoms with Gasteiger partial charge in [0.1, 0.15) is 6.10 Å². The van der Waals surface area contributed by atoms with Crippen LogP contribution in [0.1, 0.15) is 38.7 Å². The van der Waals surface area contributed by atoms with E-state index in [2.05, 4.69) is 11.8 Å². The fourth-order valence-corrected chi connectivity index (χ4v) is 2.37. The molecule has 0 spiro atoms. The third-order valence-electron chi connectivity index (χ3n) is 4.07. The Morgan fingerprint density at radius 1 is 1.08 bits per heavy atom. The molecule has 1 rings (SSSR count). The van der Waals surface area contributed by atoms with Crippen molar-refractivity contribution in [3.8, 4) is 11.8 Å². The summed E-state index contributed by atoms with van der Waals surface area (Å²) in [6.07, 6.45) is 0.652.